The van der Waals surface area contributed by atoms with Crippen LogP contribution >= 0.6 is 0 Å². The fourth-order valence-electron chi connectivity index (χ4n) is 2.57. The van der Waals surface area contributed by atoms with Crippen LogP contribution in [0.15, 0.2) is 18.2 Å². The highest BCUT2D eigenvalue weighted by atomic mass is 19.1. The zero-order valence-electron chi connectivity index (χ0n) is 11.5. The summed E-state index contributed by atoms with van der Waals surface area (Å²) in [4.78, 5) is 15.1. The summed E-state index contributed by atoms with van der Waals surface area (Å²) in [5.41, 5.74) is 5.63. The lowest BCUT2D eigenvalue weighted by Crippen LogP contribution is -2.39. The molecule has 1 heterocycles. The Labute approximate surface area is 117 Å². The highest BCUT2D eigenvalue weighted by Crippen LogP contribution is 2.18. The van der Waals surface area contributed by atoms with Crippen LogP contribution in [-0.4, -0.2) is 42.5 Å². The van der Waals surface area contributed by atoms with E-state index >= 15 is 0 Å². The molecule has 1 aliphatic rings. The second-order valence-electron chi connectivity index (χ2n) is 5.37. The molecule has 2 amide bonds. The summed E-state index contributed by atoms with van der Waals surface area (Å²) in [6, 6.07) is 2.77. The van der Waals surface area contributed by atoms with E-state index in [2.05, 4.69) is 4.90 Å². The van der Waals surface area contributed by atoms with Crippen molar-refractivity contribution < 1.29 is 13.6 Å². The number of hydrogen-bond donors (Lipinski definition) is 1. The number of amides is 2. The van der Waals surface area contributed by atoms with E-state index < -0.39 is 17.7 Å². The van der Waals surface area contributed by atoms with Crippen molar-refractivity contribution in [2.24, 2.45) is 11.7 Å². The Morgan fingerprint density at radius 3 is 2.80 bits per heavy atom. The molecule has 0 aromatic heterocycles. The Balaban J connectivity index is 2.03. The molecule has 2 N–H and O–H groups in total. The summed E-state index contributed by atoms with van der Waals surface area (Å²) in [6.45, 7) is 2.45. The molecule has 1 unspecified atom stereocenters. The summed E-state index contributed by atoms with van der Waals surface area (Å²) < 4.78 is 26.5. The maximum atomic E-state index is 13.6. The van der Waals surface area contributed by atoms with Gasteiger partial charge in [-0.1, -0.05) is 6.07 Å². The van der Waals surface area contributed by atoms with E-state index in [-0.39, 0.29) is 12.1 Å². The van der Waals surface area contributed by atoms with E-state index in [1.807, 2.05) is 7.05 Å². The minimum absolute atomic E-state index is 0.0711. The van der Waals surface area contributed by atoms with Crippen molar-refractivity contribution in [3.8, 4) is 0 Å². The van der Waals surface area contributed by atoms with Crippen molar-refractivity contribution in [1.29, 1.82) is 0 Å². The van der Waals surface area contributed by atoms with Gasteiger partial charge < -0.3 is 15.5 Å². The molecule has 4 nitrogen and oxygen atoms in total. The lowest BCUT2D eigenvalue weighted by molar-refractivity contribution is 0.193. The number of hydrogen-bond acceptors (Lipinski definition) is 2. The van der Waals surface area contributed by atoms with Gasteiger partial charge in [-0.25, -0.2) is 13.6 Å². The number of urea groups is 1. The van der Waals surface area contributed by atoms with Gasteiger partial charge in [0.25, 0.3) is 0 Å². The van der Waals surface area contributed by atoms with Gasteiger partial charge in [0.2, 0.25) is 0 Å². The van der Waals surface area contributed by atoms with Crippen molar-refractivity contribution in [3.05, 3.63) is 35.4 Å². The average Bonchev–Trinajstić information content (AvgIpc) is 2.77. The third kappa shape index (κ3) is 3.66. The highest BCUT2D eigenvalue weighted by Gasteiger charge is 2.24. The van der Waals surface area contributed by atoms with Gasteiger partial charge in [0.1, 0.15) is 11.6 Å². The van der Waals surface area contributed by atoms with Gasteiger partial charge in [0.15, 0.2) is 0 Å². The van der Waals surface area contributed by atoms with Crippen LogP contribution in [-0.2, 0) is 6.54 Å². The molecule has 1 aromatic rings. The van der Waals surface area contributed by atoms with Crippen LogP contribution in [0.25, 0.3) is 0 Å². The topological polar surface area (TPSA) is 49.6 Å². The molecule has 1 aliphatic heterocycles. The van der Waals surface area contributed by atoms with Crippen LogP contribution in [0.1, 0.15) is 12.0 Å². The molecule has 0 aliphatic carbocycles. The van der Waals surface area contributed by atoms with Crippen LogP contribution in [0, 0.1) is 17.6 Å². The fraction of sp³-hybridized carbons (Fsp3) is 0.500. The number of likely N-dealkylation sites (tertiary alicyclic amines) is 1. The molecule has 2 rings (SSSR count). The van der Waals surface area contributed by atoms with Crippen LogP contribution in [0.2, 0.25) is 0 Å². The first kappa shape index (κ1) is 14.7. The van der Waals surface area contributed by atoms with Crippen molar-refractivity contribution in [3.63, 3.8) is 0 Å². The van der Waals surface area contributed by atoms with Crippen molar-refractivity contribution >= 4 is 6.03 Å². The Hall–Kier alpha value is -1.69. The van der Waals surface area contributed by atoms with Crippen molar-refractivity contribution in [2.45, 2.75) is 13.0 Å². The molecule has 20 heavy (non-hydrogen) atoms. The number of rotatable bonds is 4. The number of carbonyl (C=O) groups excluding carboxylic acids is 1. The highest BCUT2D eigenvalue weighted by molar-refractivity contribution is 5.72. The third-order valence-electron chi connectivity index (χ3n) is 3.66. The smallest absolute Gasteiger partial charge is 0.315 e. The van der Waals surface area contributed by atoms with Gasteiger partial charge in [-0.3, -0.25) is 0 Å². The summed E-state index contributed by atoms with van der Waals surface area (Å²) in [7, 11) is 2.02. The Kier molecular flexibility index (Phi) is 4.54. The molecule has 6 heteroatoms. The average molecular weight is 283 g/mol. The molecular weight excluding hydrogens is 264 g/mol. The molecule has 1 aromatic carbocycles. The zero-order chi connectivity index (χ0) is 14.7. The number of carbonyl (C=O) groups is 1. The van der Waals surface area contributed by atoms with Gasteiger partial charge in [-0.05, 0) is 32.0 Å². The largest absolute Gasteiger partial charge is 0.351 e. The van der Waals surface area contributed by atoms with Gasteiger partial charge in [0.05, 0.1) is 6.54 Å². The Bertz CT molecular complexity index is 495. The molecular formula is C14H19F2N3O. The van der Waals surface area contributed by atoms with E-state index in [0.29, 0.717) is 12.5 Å². The first-order valence-electron chi connectivity index (χ1n) is 6.62. The van der Waals surface area contributed by atoms with Gasteiger partial charge in [0, 0.05) is 24.7 Å². The molecule has 0 spiro atoms. The maximum Gasteiger partial charge on any atom is 0.315 e. The third-order valence-corrected chi connectivity index (χ3v) is 3.66. The Morgan fingerprint density at radius 1 is 1.50 bits per heavy atom. The fourth-order valence-corrected chi connectivity index (χ4v) is 2.57. The number of nitrogens with two attached hydrogens (primary N) is 1. The summed E-state index contributed by atoms with van der Waals surface area (Å²) in [5, 5.41) is 0. The van der Waals surface area contributed by atoms with Crippen molar-refractivity contribution in [1.82, 2.24) is 9.80 Å². The normalized spacial score (nSPS) is 19.2. The molecule has 0 saturated carbocycles. The molecule has 0 bridgehead atoms. The van der Waals surface area contributed by atoms with Gasteiger partial charge in [-0.15, -0.1) is 0 Å². The summed E-state index contributed by atoms with van der Waals surface area (Å²) >= 11 is 0. The number of nitrogens with zero attached hydrogens (tertiary/aromatic N) is 2. The molecule has 1 fully saturated rings. The van der Waals surface area contributed by atoms with E-state index in [1.54, 1.807) is 0 Å². The van der Waals surface area contributed by atoms with E-state index in [9.17, 15) is 13.6 Å². The monoisotopic (exact) mass is 283 g/mol. The second kappa shape index (κ2) is 6.17. The lowest BCUT2D eigenvalue weighted by atomic mass is 10.1. The minimum Gasteiger partial charge on any atom is -0.351 e. The molecule has 1 atom stereocenters. The maximum absolute atomic E-state index is 13.6. The van der Waals surface area contributed by atoms with Crippen LogP contribution in [0.4, 0.5) is 13.6 Å². The van der Waals surface area contributed by atoms with E-state index in [0.717, 1.165) is 25.6 Å². The predicted octanol–water partition coefficient (Wildman–Crippen LogP) is 1.80. The number of primary amides is 1. The Morgan fingerprint density at radius 2 is 2.25 bits per heavy atom. The SMILES string of the molecule is CN1CCC(CN(Cc2ccc(F)cc2F)C(N)=O)C1. The first-order valence-corrected chi connectivity index (χ1v) is 6.62. The van der Waals surface area contributed by atoms with Gasteiger partial charge in [-0.2, -0.15) is 0 Å². The summed E-state index contributed by atoms with van der Waals surface area (Å²) in [6.07, 6.45) is 0.992. The predicted molar refractivity (Wildman–Crippen MR) is 72.0 cm³/mol. The van der Waals surface area contributed by atoms with Crippen LogP contribution < -0.4 is 5.73 Å². The molecule has 110 valence electrons. The lowest BCUT2D eigenvalue weighted by Gasteiger charge is -2.24. The molecule has 0 radical (unpaired) electrons. The minimum atomic E-state index is -0.653. The van der Waals surface area contributed by atoms with Crippen LogP contribution in [0.3, 0.4) is 0 Å². The van der Waals surface area contributed by atoms with E-state index in [1.165, 1.54) is 17.0 Å². The first-order chi connectivity index (χ1) is 9.45. The number of halogens is 2. The number of benzene rings is 1. The van der Waals surface area contributed by atoms with Crippen LogP contribution in [0.5, 0.6) is 0 Å². The molecule has 1 saturated heterocycles. The van der Waals surface area contributed by atoms with Gasteiger partial charge >= 0.3 is 6.03 Å². The van der Waals surface area contributed by atoms with E-state index in [4.69, 9.17) is 5.73 Å². The standard InChI is InChI=1S/C14H19F2N3O/c1-18-5-4-10(7-18)8-19(14(17)20)9-11-2-3-12(15)6-13(11)16/h2-3,6,10H,4-5,7-9H2,1H3,(H2,17,20). The second-order valence-corrected chi connectivity index (χ2v) is 5.37. The zero-order valence-corrected chi connectivity index (χ0v) is 11.5. The summed E-state index contributed by atoms with van der Waals surface area (Å²) in [5.74, 6) is -0.940. The quantitative estimate of drug-likeness (QED) is 0.916. The van der Waals surface area contributed by atoms with Crippen molar-refractivity contribution in [2.75, 3.05) is 26.7 Å².